The predicted octanol–water partition coefficient (Wildman–Crippen LogP) is 17.7. The number of rotatable bonds is 9. The molecule has 0 fully saturated rings. The van der Waals surface area contributed by atoms with Crippen molar-refractivity contribution < 1.29 is 0 Å². The Morgan fingerprint density at radius 3 is 1.32 bits per heavy atom. The van der Waals surface area contributed by atoms with Gasteiger partial charge in [-0.05, 0) is 116 Å². The summed E-state index contributed by atoms with van der Waals surface area (Å²) in [6.45, 7) is 0. The lowest BCUT2D eigenvalue weighted by molar-refractivity contribution is 1.18. The third-order valence-corrected chi connectivity index (χ3v) is 13.0. The highest BCUT2D eigenvalue weighted by Gasteiger charge is 2.18. The molecule has 0 saturated carbocycles. The van der Waals surface area contributed by atoms with E-state index in [4.69, 9.17) is 0 Å². The van der Waals surface area contributed by atoms with Crippen LogP contribution in [0.5, 0.6) is 0 Å². The first-order valence-electron chi connectivity index (χ1n) is 22.7. The molecule has 0 unspecified atom stereocenters. The second-order valence-corrected chi connectivity index (χ2v) is 16.9. The number of nitrogens with zero attached hydrogens (tertiary/aromatic N) is 2. The molecule has 0 aliphatic carbocycles. The maximum absolute atomic E-state index is 2.42. The lowest BCUT2D eigenvalue weighted by Crippen LogP contribution is -2.10. The first kappa shape index (κ1) is 38.9. The van der Waals surface area contributed by atoms with Gasteiger partial charge < -0.3 is 9.47 Å². The Labute approximate surface area is 385 Å². The number of hydrogen-bond donors (Lipinski definition) is 0. The van der Waals surface area contributed by atoms with Crippen molar-refractivity contribution in [2.24, 2.45) is 0 Å². The molecule has 12 aromatic rings. The molecule has 66 heavy (non-hydrogen) atoms. The minimum Gasteiger partial charge on any atom is -0.310 e. The molecular weight excluding hydrogens is 797 g/mol. The summed E-state index contributed by atoms with van der Waals surface area (Å²) >= 11 is 0. The molecule has 0 aliphatic rings. The fourth-order valence-corrected chi connectivity index (χ4v) is 9.85. The van der Waals surface area contributed by atoms with E-state index in [0.717, 1.165) is 22.7 Å². The van der Waals surface area contributed by atoms with Crippen LogP contribution in [0.3, 0.4) is 0 Å². The number of para-hydroxylation sites is 1. The van der Waals surface area contributed by atoms with Crippen LogP contribution >= 0.6 is 0 Å². The lowest BCUT2D eigenvalue weighted by atomic mass is 9.93. The first-order chi connectivity index (χ1) is 32.7. The Hall–Kier alpha value is -8.72. The first-order valence-corrected chi connectivity index (χ1v) is 22.7. The van der Waals surface area contributed by atoms with E-state index in [-0.39, 0.29) is 0 Å². The van der Waals surface area contributed by atoms with Gasteiger partial charge in [0.2, 0.25) is 0 Å². The standard InChI is InChI=1S/C64H44N2/c1-3-16-45(17-4-1)46-30-37-52(38-31-46)65(62-29-15-21-48-20-7-8-26-59(48)62)53-39-32-50(33-40-53)57-24-11-12-25-58(57)51-36-43-61-60-27-13-14-28-63(60)66(64(61)44-51)54-41-34-49(35-42-54)56-23-10-9-22-55(56)47-18-5-2-6-19-47/h1-44H. The Kier molecular flexibility index (Phi) is 9.89. The lowest BCUT2D eigenvalue weighted by Gasteiger charge is -2.27. The zero-order chi connectivity index (χ0) is 43.8. The molecule has 310 valence electrons. The summed E-state index contributed by atoms with van der Waals surface area (Å²) in [5.74, 6) is 0. The molecule has 1 aromatic heterocycles. The van der Waals surface area contributed by atoms with Crippen LogP contribution in [0.2, 0.25) is 0 Å². The van der Waals surface area contributed by atoms with Crippen LogP contribution in [0.4, 0.5) is 17.1 Å². The third-order valence-electron chi connectivity index (χ3n) is 13.0. The topological polar surface area (TPSA) is 8.17 Å². The van der Waals surface area contributed by atoms with Gasteiger partial charge in [0.1, 0.15) is 0 Å². The van der Waals surface area contributed by atoms with E-state index in [0.29, 0.717) is 0 Å². The van der Waals surface area contributed by atoms with Crippen LogP contribution in [-0.2, 0) is 0 Å². The number of benzene rings is 11. The van der Waals surface area contributed by atoms with Crippen LogP contribution in [0.25, 0.3) is 93.9 Å². The van der Waals surface area contributed by atoms with Gasteiger partial charge in [-0.1, -0.05) is 212 Å². The number of anilines is 3. The van der Waals surface area contributed by atoms with Crippen molar-refractivity contribution in [3.05, 3.63) is 267 Å². The highest BCUT2D eigenvalue weighted by atomic mass is 15.1. The molecule has 0 radical (unpaired) electrons. The minimum atomic E-state index is 1.10. The zero-order valence-corrected chi connectivity index (χ0v) is 36.3. The summed E-state index contributed by atoms with van der Waals surface area (Å²) in [6.07, 6.45) is 0. The maximum Gasteiger partial charge on any atom is 0.0547 e. The van der Waals surface area contributed by atoms with E-state index in [1.54, 1.807) is 0 Å². The van der Waals surface area contributed by atoms with Crippen LogP contribution in [0, 0.1) is 0 Å². The molecule has 0 bridgehead atoms. The predicted molar refractivity (Wildman–Crippen MR) is 280 cm³/mol. The molecule has 12 rings (SSSR count). The average Bonchev–Trinajstić information content (AvgIpc) is 3.73. The molecule has 2 heteroatoms. The highest BCUT2D eigenvalue weighted by Crippen LogP contribution is 2.43. The second kappa shape index (κ2) is 16.8. The van der Waals surface area contributed by atoms with E-state index < -0.39 is 0 Å². The molecule has 0 atom stereocenters. The summed E-state index contributed by atoms with van der Waals surface area (Å²) in [6, 6.07) is 96.8. The maximum atomic E-state index is 2.42. The fourth-order valence-electron chi connectivity index (χ4n) is 9.85. The van der Waals surface area contributed by atoms with Crippen molar-refractivity contribution in [1.82, 2.24) is 4.57 Å². The SMILES string of the molecule is c1ccc(-c2ccc(N(c3ccc(-c4ccccc4-c4ccc5c6ccccc6n(-c6ccc(-c7ccccc7-c7ccccc7)cc6)c5c4)cc3)c3cccc4ccccc34)cc2)cc1. The van der Waals surface area contributed by atoms with Gasteiger partial charge in [0.05, 0.1) is 16.7 Å². The Morgan fingerprint density at radius 1 is 0.258 bits per heavy atom. The molecule has 0 amide bonds. The largest absolute Gasteiger partial charge is 0.310 e. The van der Waals surface area contributed by atoms with Gasteiger partial charge in [0.15, 0.2) is 0 Å². The zero-order valence-electron chi connectivity index (χ0n) is 36.3. The smallest absolute Gasteiger partial charge is 0.0547 e. The highest BCUT2D eigenvalue weighted by molar-refractivity contribution is 6.10. The number of hydrogen-bond acceptors (Lipinski definition) is 1. The second-order valence-electron chi connectivity index (χ2n) is 16.9. The quantitative estimate of drug-likeness (QED) is 0.141. The van der Waals surface area contributed by atoms with Gasteiger partial charge in [-0.3, -0.25) is 0 Å². The molecular formula is C64H44N2. The molecule has 2 nitrogen and oxygen atoms in total. The molecule has 11 aromatic carbocycles. The van der Waals surface area contributed by atoms with Gasteiger partial charge in [0.25, 0.3) is 0 Å². The van der Waals surface area contributed by atoms with Gasteiger partial charge in [-0.15, -0.1) is 0 Å². The van der Waals surface area contributed by atoms with E-state index in [9.17, 15) is 0 Å². The van der Waals surface area contributed by atoms with Gasteiger partial charge in [-0.2, -0.15) is 0 Å². The Balaban J connectivity index is 0.925. The van der Waals surface area contributed by atoms with Crippen molar-refractivity contribution in [3.63, 3.8) is 0 Å². The van der Waals surface area contributed by atoms with Crippen molar-refractivity contribution in [1.29, 1.82) is 0 Å². The summed E-state index contributed by atoms with van der Waals surface area (Å²) in [7, 11) is 0. The van der Waals surface area contributed by atoms with Crippen LogP contribution in [0.15, 0.2) is 267 Å². The molecule has 0 spiro atoms. The summed E-state index contributed by atoms with van der Waals surface area (Å²) in [5, 5.41) is 4.90. The van der Waals surface area contributed by atoms with E-state index in [1.807, 2.05) is 0 Å². The van der Waals surface area contributed by atoms with Crippen LogP contribution in [-0.4, -0.2) is 4.57 Å². The number of aromatic nitrogens is 1. The minimum absolute atomic E-state index is 1.10. The molecule has 0 saturated heterocycles. The van der Waals surface area contributed by atoms with Crippen molar-refractivity contribution in [2.75, 3.05) is 4.90 Å². The van der Waals surface area contributed by atoms with E-state index in [1.165, 1.54) is 88.2 Å². The van der Waals surface area contributed by atoms with E-state index in [2.05, 4.69) is 276 Å². The number of fused-ring (bicyclic) bond motifs is 4. The Bertz CT molecular complexity index is 3660. The van der Waals surface area contributed by atoms with E-state index >= 15 is 0 Å². The summed E-state index contributed by atoms with van der Waals surface area (Å²) in [5.41, 5.74) is 18.9. The van der Waals surface area contributed by atoms with Crippen LogP contribution in [0.1, 0.15) is 0 Å². The molecule has 1 heterocycles. The summed E-state index contributed by atoms with van der Waals surface area (Å²) < 4.78 is 2.42. The van der Waals surface area contributed by atoms with Gasteiger partial charge in [-0.25, -0.2) is 0 Å². The van der Waals surface area contributed by atoms with Crippen LogP contribution < -0.4 is 4.90 Å². The summed E-state index contributed by atoms with van der Waals surface area (Å²) in [4.78, 5) is 2.38. The molecule has 0 N–H and O–H groups in total. The Morgan fingerprint density at radius 2 is 0.682 bits per heavy atom. The fraction of sp³-hybridized carbons (Fsp3) is 0. The average molecular weight is 841 g/mol. The van der Waals surface area contributed by atoms with Crippen molar-refractivity contribution >= 4 is 49.6 Å². The van der Waals surface area contributed by atoms with Gasteiger partial charge >= 0.3 is 0 Å². The van der Waals surface area contributed by atoms with Gasteiger partial charge in [0, 0.05) is 33.2 Å². The van der Waals surface area contributed by atoms with Crippen molar-refractivity contribution in [2.45, 2.75) is 0 Å². The monoisotopic (exact) mass is 840 g/mol. The normalized spacial score (nSPS) is 11.3. The third kappa shape index (κ3) is 7.02. The molecule has 0 aliphatic heterocycles. The van der Waals surface area contributed by atoms with Crippen molar-refractivity contribution in [3.8, 4) is 61.3 Å².